The number of hydrogen-bond acceptors (Lipinski definition) is 5. The first-order chi connectivity index (χ1) is 14.1. The molecule has 1 fully saturated rings. The van der Waals surface area contributed by atoms with Crippen LogP contribution in [0.25, 0.3) is 0 Å². The second-order valence-corrected chi connectivity index (χ2v) is 7.78. The largest absolute Gasteiger partial charge is 0.493 e. The summed E-state index contributed by atoms with van der Waals surface area (Å²) < 4.78 is 36.9. The first-order valence-corrected chi connectivity index (χ1v) is 10.3. The normalized spacial score (nSPS) is 13.7. The van der Waals surface area contributed by atoms with E-state index in [1.54, 1.807) is 23.9 Å². The third kappa shape index (κ3) is 4.87. The Bertz CT molecular complexity index is 962. The van der Waals surface area contributed by atoms with Gasteiger partial charge in [-0.3, -0.25) is 0 Å². The van der Waals surface area contributed by atoms with E-state index in [9.17, 15) is 8.78 Å². The molecule has 0 amide bonds. The van der Waals surface area contributed by atoms with Gasteiger partial charge in [0.1, 0.15) is 5.82 Å². The number of rotatable bonds is 9. The number of methoxy groups -OCH3 is 1. The smallest absolute Gasteiger partial charge is 0.387 e. The molecule has 0 radical (unpaired) electrons. The fourth-order valence-electron chi connectivity index (χ4n) is 3.11. The lowest BCUT2D eigenvalue weighted by Gasteiger charge is -2.12. The number of aromatic nitrogens is 3. The number of hydrogen-bond donors (Lipinski definition) is 0. The van der Waals surface area contributed by atoms with Gasteiger partial charge in [-0.25, -0.2) is 0 Å². The minimum Gasteiger partial charge on any atom is -0.493 e. The molecule has 2 aromatic carbocycles. The fraction of sp³-hybridized carbons (Fsp3) is 0.333. The molecule has 152 valence electrons. The molecule has 0 aliphatic heterocycles. The highest BCUT2D eigenvalue weighted by Gasteiger charge is 2.30. The Kier molecular flexibility index (Phi) is 5.99. The maximum absolute atomic E-state index is 12.5. The van der Waals surface area contributed by atoms with Gasteiger partial charge in [0.25, 0.3) is 0 Å². The van der Waals surface area contributed by atoms with E-state index in [0.717, 1.165) is 35.9 Å². The van der Waals surface area contributed by atoms with Crippen molar-refractivity contribution in [2.75, 3.05) is 7.11 Å². The van der Waals surface area contributed by atoms with Crippen molar-refractivity contribution in [3.63, 3.8) is 0 Å². The number of alkyl halides is 2. The van der Waals surface area contributed by atoms with E-state index >= 15 is 0 Å². The van der Waals surface area contributed by atoms with Crippen LogP contribution in [-0.4, -0.2) is 28.5 Å². The molecule has 0 saturated heterocycles. The van der Waals surface area contributed by atoms with Gasteiger partial charge in [-0.15, -0.1) is 10.2 Å². The summed E-state index contributed by atoms with van der Waals surface area (Å²) in [6.45, 7) is -2.16. The summed E-state index contributed by atoms with van der Waals surface area (Å²) in [6.07, 6.45) is 2.31. The monoisotopic (exact) mass is 417 g/mol. The van der Waals surface area contributed by atoms with E-state index in [4.69, 9.17) is 4.74 Å². The molecule has 0 bridgehead atoms. The first-order valence-electron chi connectivity index (χ1n) is 9.35. The van der Waals surface area contributed by atoms with Crippen LogP contribution in [-0.2, 0) is 12.3 Å². The van der Waals surface area contributed by atoms with E-state index in [1.165, 1.54) is 18.7 Å². The third-order valence-electron chi connectivity index (χ3n) is 4.68. The third-order valence-corrected chi connectivity index (χ3v) is 5.72. The van der Waals surface area contributed by atoms with Gasteiger partial charge in [0.05, 0.1) is 13.7 Å². The molecule has 0 N–H and O–H groups in total. The zero-order chi connectivity index (χ0) is 20.2. The van der Waals surface area contributed by atoms with Crippen LogP contribution in [0.2, 0.25) is 0 Å². The molecular weight excluding hydrogens is 396 g/mol. The van der Waals surface area contributed by atoms with Crippen molar-refractivity contribution in [3.05, 3.63) is 65.5 Å². The van der Waals surface area contributed by atoms with Gasteiger partial charge in [0.15, 0.2) is 16.7 Å². The summed E-state index contributed by atoms with van der Waals surface area (Å²) in [5.41, 5.74) is 2.13. The molecule has 1 aliphatic carbocycles. The van der Waals surface area contributed by atoms with E-state index in [2.05, 4.69) is 31.6 Å². The van der Waals surface area contributed by atoms with Gasteiger partial charge in [-0.05, 0) is 36.1 Å². The van der Waals surface area contributed by atoms with E-state index < -0.39 is 6.61 Å². The van der Waals surface area contributed by atoms with Crippen LogP contribution < -0.4 is 9.47 Å². The second-order valence-electron chi connectivity index (χ2n) is 6.84. The van der Waals surface area contributed by atoms with Crippen LogP contribution in [0.5, 0.6) is 11.5 Å². The van der Waals surface area contributed by atoms with Gasteiger partial charge in [-0.2, -0.15) is 8.78 Å². The second kappa shape index (κ2) is 8.82. The summed E-state index contributed by atoms with van der Waals surface area (Å²) in [4.78, 5) is 0. The molecule has 4 rings (SSSR count). The summed E-state index contributed by atoms with van der Waals surface area (Å²) in [7, 11) is 1.43. The summed E-state index contributed by atoms with van der Waals surface area (Å²) in [5.74, 6) is 2.46. The lowest BCUT2D eigenvalue weighted by molar-refractivity contribution is -0.0512. The number of thioether (sulfide) groups is 1. The molecule has 1 saturated carbocycles. The van der Waals surface area contributed by atoms with E-state index in [1.807, 2.05) is 18.2 Å². The van der Waals surface area contributed by atoms with E-state index in [-0.39, 0.29) is 11.5 Å². The van der Waals surface area contributed by atoms with Crippen molar-refractivity contribution in [1.29, 1.82) is 0 Å². The highest BCUT2D eigenvalue weighted by Crippen LogP contribution is 2.40. The number of halogens is 2. The van der Waals surface area contributed by atoms with Crippen LogP contribution in [0.4, 0.5) is 8.78 Å². The quantitative estimate of drug-likeness (QED) is 0.453. The minimum absolute atomic E-state index is 0.0273. The van der Waals surface area contributed by atoms with Crippen LogP contribution in [0, 0.1) is 0 Å². The summed E-state index contributed by atoms with van der Waals surface area (Å²) in [5, 5.41) is 9.69. The van der Waals surface area contributed by atoms with Gasteiger partial charge < -0.3 is 14.0 Å². The number of benzene rings is 2. The van der Waals surface area contributed by atoms with Gasteiger partial charge in [-0.1, -0.05) is 48.2 Å². The molecule has 1 aromatic heterocycles. The molecule has 8 heteroatoms. The topological polar surface area (TPSA) is 49.2 Å². The van der Waals surface area contributed by atoms with Crippen molar-refractivity contribution in [1.82, 2.24) is 14.8 Å². The molecular formula is C21H21F2N3O2S. The molecule has 0 atom stereocenters. The van der Waals surface area contributed by atoms with Crippen molar-refractivity contribution in [3.8, 4) is 11.5 Å². The highest BCUT2D eigenvalue weighted by molar-refractivity contribution is 7.98. The van der Waals surface area contributed by atoms with Crippen LogP contribution in [0.15, 0.2) is 53.7 Å². The Balaban J connectivity index is 1.51. The average molecular weight is 417 g/mol. The number of nitrogens with zero attached hydrogens (tertiary/aromatic N) is 3. The first kappa shape index (κ1) is 19.7. The predicted molar refractivity (Wildman–Crippen MR) is 107 cm³/mol. The fourth-order valence-corrected chi connectivity index (χ4v) is 4.00. The Morgan fingerprint density at radius 3 is 2.55 bits per heavy atom. The molecule has 0 unspecified atom stereocenters. The Labute approximate surface area is 172 Å². The van der Waals surface area contributed by atoms with Crippen LogP contribution in [0.1, 0.15) is 35.7 Å². The van der Waals surface area contributed by atoms with Crippen molar-refractivity contribution < 1.29 is 18.3 Å². The minimum atomic E-state index is -2.89. The maximum Gasteiger partial charge on any atom is 0.387 e. The summed E-state index contributed by atoms with van der Waals surface area (Å²) >= 11 is 1.57. The Hall–Kier alpha value is -2.61. The van der Waals surface area contributed by atoms with Crippen molar-refractivity contribution in [2.45, 2.75) is 42.8 Å². The van der Waals surface area contributed by atoms with Crippen molar-refractivity contribution >= 4 is 11.8 Å². The van der Waals surface area contributed by atoms with Crippen molar-refractivity contribution in [2.24, 2.45) is 0 Å². The van der Waals surface area contributed by atoms with Crippen LogP contribution in [0.3, 0.4) is 0 Å². The van der Waals surface area contributed by atoms with Gasteiger partial charge in [0.2, 0.25) is 0 Å². The van der Waals surface area contributed by atoms with E-state index in [0.29, 0.717) is 11.7 Å². The molecule has 5 nitrogen and oxygen atoms in total. The number of ether oxygens (including phenoxy) is 2. The van der Waals surface area contributed by atoms with Crippen LogP contribution >= 0.6 is 11.8 Å². The standard InChI is InChI=1S/C21H21F2N3O2S/c1-27-18-11-15(7-10-17(18)28-20(22)23)13-29-21-25-24-19(16-8-9-16)26(21)12-14-5-3-2-4-6-14/h2-7,10-11,16,20H,8-9,12-13H2,1H3. The summed E-state index contributed by atoms with van der Waals surface area (Å²) in [6, 6.07) is 15.2. The lowest BCUT2D eigenvalue weighted by atomic mass is 10.2. The predicted octanol–water partition coefficient (Wildman–Crippen LogP) is 5.11. The highest BCUT2D eigenvalue weighted by atomic mass is 32.2. The van der Waals surface area contributed by atoms with Gasteiger partial charge >= 0.3 is 6.61 Å². The molecule has 1 heterocycles. The molecule has 0 spiro atoms. The molecule has 1 aliphatic rings. The molecule has 29 heavy (non-hydrogen) atoms. The lowest BCUT2D eigenvalue weighted by Crippen LogP contribution is -2.06. The Morgan fingerprint density at radius 2 is 1.86 bits per heavy atom. The average Bonchev–Trinajstić information content (AvgIpc) is 3.49. The molecule has 3 aromatic rings. The van der Waals surface area contributed by atoms with Gasteiger partial charge in [0, 0.05) is 11.7 Å². The zero-order valence-electron chi connectivity index (χ0n) is 15.9. The SMILES string of the molecule is COc1cc(CSc2nnc(C3CC3)n2Cc2ccccc2)ccc1OC(F)F. The Morgan fingerprint density at radius 1 is 1.07 bits per heavy atom. The maximum atomic E-state index is 12.5. The zero-order valence-corrected chi connectivity index (χ0v) is 16.7.